The number of ether oxygens (including phenoxy) is 1. The fourth-order valence-electron chi connectivity index (χ4n) is 1.51. The van der Waals surface area contributed by atoms with Crippen molar-refractivity contribution in [2.24, 2.45) is 0 Å². The normalized spacial score (nSPS) is 11.0. The highest BCUT2D eigenvalue weighted by Crippen LogP contribution is 2.28. The van der Waals surface area contributed by atoms with Crippen molar-refractivity contribution < 1.29 is 14.6 Å². The molecule has 7 heteroatoms. The van der Waals surface area contributed by atoms with Gasteiger partial charge in [0.1, 0.15) is 17.4 Å². The van der Waals surface area contributed by atoms with Crippen molar-refractivity contribution in [3.05, 3.63) is 30.4 Å². The molecule has 0 saturated carbocycles. The number of hydrogen-bond acceptors (Lipinski definition) is 4. The van der Waals surface area contributed by atoms with E-state index in [9.17, 15) is 9.90 Å². The molecule has 0 aliphatic heterocycles. The van der Waals surface area contributed by atoms with Crippen LogP contribution >= 0.6 is 45.2 Å². The highest BCUT2D eigenvalue weighted by molar-refractivity contribution is 14.1. The van der Waals surface area contributed by atoms with E-state index in [1.165, 1.54) is 6.08 Å². The molecule has 0 fully saturated rings. The first-order valence-electron chi connectivity index (χ1n) is 6.06. The molecule has 1 aromatic rings. The number of phenols is 1. The van der Waals surface area contributed by atoms with E-state index in [2.05, 4.69) is 27.9 Å². The molecule has 0 spiro atoms. The highest BCUT2D eigenvalue weighted by Gasteiger charge is 2.11. The van der Waals surface area contributed by atoms with Crippen molar-refractivity contribution in [1.29, 1.82) is 5.26 Å². The zero-order valence-electron chi connectivity index (χ0n) is 11.3. The fourth-order valence-corrected chi connectivity index (χ4v) is 3.40. The van der Waals surface area contributed by atoms with Crippen LogP contribution in [0.1, 0.15) is 12.0 Å². The predicted molar refractivity (Wildman–Crippen MR) is 96.6 cm³/mol. The van der Waals surface area contributed by atoms with E-state index in [-0.39, 0.29) is 11.3 Å². The molecule has 0 aliphatic rings. The number of methoxy groups -OCH3 is 1. The number of aromatic hydroxyl groups is 1. The van der Waals surface area contributed by atoms with Crippen LogP contribution in [0.4, 0.5) is 0 Å². The molecule has 0 heterocycles. The number of hydrogen-bond donors (Lipinski definition) is 2. The Morgan fingerprint density at radius 2 is 2.24 bits per heavy atom. The Morgan fingerprint density at radius 1 is 1.52 bits per heavy atom. The van der Waals surface area contributed by atoms with E-state index in [1.54, 1.807) is 13.2 Å². The lowest BCUT2D eigenvalue weighted by Crippen LogP contribution is -2.26. The van der Waals surface area contributed by atoms with E-state index >= 15 is 0 Å². The molecule has 0 atom stereocenters. The Kier molecular flexibility index (Phi) is 7.98. The summed E-state index contributed by atoms with van der Waals surface area (Å²) in [5.74, 6) is -0.391. The van der Waals surface area contributed by atoms with Gasteiger partial charge in [0.25, 0.3) is 5.91 Å². The molecule has 0 radical (unpaired) electrons. The molecule has 2 N–H and O–H groups in total. The van der Waals surface area contributed by atoms with E-state index < -0.39 is 5.91 Å². The summed E-state index contributed by atoms with van der Waals surface area (Å²) >= 11 is 4.12. The molecule has 112 valence electrons. The molecule has 5 nitrogen and oxygen atoms in total. The van der Waals surface area contributed by atoms with E-state index in [0.29, 0.717) is 28.7 Å². The first-order valence-corrected chi connectivity index (χ1v) is 8.22. The van der Waals surface area contributed by atoms with Crippen LogP contribution in [0.3, 0.4) is 0 Å². The molecule has 0 bridgehead atoms. The van der Waals surface area contributed by atoms with Gasteiger partial charge >= 0.3 is 0 Å². The summed E-state index contributed by atoms with van der Waals surface area (Å²) in [6, 6.07) is 5.39. The van der Waals surface area contributed by atoms with Gasteiger partial charge in [-0.2, -0.15) is 5.26 Å². The van der Waals surface area contributed by atoms with Gasteiger partial charge in [-0.15, -0.1) is 0 Å². The van der Waals surface area contributed by atoms with Gasteiger partial charge < -0.3 is 15.2 Å². The average molecular weight is 512 g/mol. The summed E-state index contributed by atoms with van der Waals surface area (Å²) in [5.41, 5.74) is 0.412. The third-order valence-corrected chi connectivity index (χ3v) is 3.98. The number of nitriles is 1. The third-order valence-electron chi connectivity index (χ3n) is 2.53. The second-order valence-corrected chi connectivity index (χ2v) is 6.51. The number of benzene rings is 1. The van der Waals surface area contributed by atoms with Gasteiger partial charge in [-0.05, 0) is 69.8 Å². The Bertz CT molecular complexity index is 595. The Labute approximate surface area is 150 Å². The van der Waals surface area contributed by atoms with Crippen molar-refractivity contribution in [3.8, 4) is 11.8 Å². The van der Waals surface area contributed by atoms with Crippen molar-refractivity contribution in [2.45, 2.75) is 6.42 Å². The molecule has 21 heavy (non-hydrogen) atoms. The Hall–Kier alpha value is -0.860. The maximum Gasteiger partial charge on any atom is 0.261 e. The van der Waals surface area contributed by atoms with Gasteiger partial charge in [-0.3, -0.25) is 4.79 Å². The minimum Gasteiger partial charge on any atom is -0.506 e. The average Bonchev–Trinajstić information content (AvgIpc) is 2.45. The quantitative estimate of drug-likeness (QED) is 0.266. The van der Waals surface area contributed by atoms with Gasteiger partial charge in [0.05, 0.1) is 3.57 Å². The SMILES string of the molecule is COCCCNC(=O)/C(C#N)=C/c1cc(I)cc(I)c1O. The summed E-state index contributed by atoms with van der Waals surface area (Å²) in [6.07, 6.45) is 2.07. The predicted octanol–water partition coefficient (Wildman–Crippen LogP) is 2.66. The van der Waals surface area contributed by atoms with Gasteiger partial charge in [0.2, 0.25) is 0 Å². The number of nitrogens with one attached hydrogen (secondary N) is 1. The molecule has 0 unspecified atom stereocenters. The minimum atomic E-state index is -0.457. The molecule has 0 aromatic heterocycles. The highest BCUT2D eigenvalue weighted by atomic mass is 127. The number of rotatable bonds is 6. The molecular formula is C14H14I2N2O3. The first-order chi connectivity index (χ1) is 9.99. The topological polar surface area (TPSA) is 82.3 Å². The lowest BCUT2D eigenvalue weighted by atomic mass is 10.1. The van der Waals surface area contributed by atoms with Crippen LogP contribution in [0.25, 0.3) is 6.08 Å². The molecule has 0 aliphatic carbocycles. The van der Waals surface area contributed by atoms with Crippen LogP contribution in [-0.4, -0.2) is 31.3 Å². The maximum atomic E-state index is 11.9. The third kappa shape index (κ3) is 5.80. The molecular weight excluding hydrogens is 498 g/mol. The maximum absolute atomic E-state index is 11.9. The monoisotopic (exact) mass is 512 g/mol. The number of nitrogens with zero attached hydrogens (tertiary/aromatic N) is 1. The summed E-state index contributed by atoms with van der Waals surface area (Å²) < 4.78 is 6.47. The zero-order valence-corrected chi connectivity index (χ0v) is 15.6. The summed E-state index contributed by atoms with van der Waals surface area (Å²) in [7, 11) is 1.59. The lowest BCUT2D eigenvalue weighted by Gasteiger charge is -2.06. The zero-order chi connectivity index (χ0) is 15.8. The second kappa shape index (κ2) is 9.22. The Balaban J connectivity index is 2.90. The van der Waals surface area contributed by atoms with E-state index in [0.717, 1.165) is 3.57 Å². The molecule has 1 aromatic carbocycles. The van der Waals surface area contributed by atoms with E-state index in [1.807, 2.05) is 34.7 Å². The standard InChI is InChI=1S/C14H14I2N2O3/c1-21-4-2-3-18-14(20)10(8-17)5-9-6-11(15)7-12(16)13(9)19/h5-7,19H,2-4H2,1H3,(H,18,20)/b10-5+. The van der Waals surface area contributed by atoms with Crippen molar-refractivity contribution in [1.82, 2.24) is 5.32 Å². The van der Waals surface area contributed by atoms with Gasteiger partial charge in [0, 0.05) is 29.4 Å². The summed E-state index contributed by atoms with van der Waals surface area (Å²) in [4.78, 5) is 11.9. The van der Waals surface area contributed by atoms with Crippen molar-refractivity contribution in [3.63, 3.8) is 0 Å². The van der Waals surface area contributed by atoms with Crippen LogP contribution in [0.5, 0.6) is 5.75 Å². The number of amides is 1. The number of phenolic OH excluding ortho intramolecular Hbond substituents is 1. The molecule has 0 saturated heterocycles. The van der Waals surface area contributed by atoms with Gasteiger partial charge in [-0.25, -0.2) is 0 Å². The second-order valence-electron chi connectivity index (χ2n) is 4.10. The number of carbonyl (C=O) groups is 1. The van der Waals surface area contributed by atoms with E-state index in [4.69, 9.17) is 10.00 Å². The number of halogens is 2. The van der Waals surface area contributed by atoms with Crippen LogP contribution in [0, 0.1) is 18.5 Å². The smallest absolute Gasteiger partial charge is 0.261 e. The van der Waals surface area contributed by atoms with Crippen LogP contribution in [0.2, 0.25) is 0 Å². The minimum absolute atomic E-state index is 0.0412. The van der Waals surface area contributed by atoms with Crippen molar-refractivity contribution >= 4 is 57.2 Å². The van der Waals surface area contributed by atoms with Crippen LogP contribution < -0.4 is 5.32 Å². The largest absolute Gasteiger partial charge is 0.506 e. The fraction of sp³-hybridized carbons (Fsp3) is 0.286. The van der Waals surface area contributed by atoms with Crippen LogP contribution in [-0.2, 0) is 9.53 Å². The number of carbonyl (C=O) groups excluding carboxylic acids is 1. The molecule has 1 amide bonds. The van der Waals surface area contributed by atoms with Gasteiger partial charge in [-0.1, -0.05) is 0 Å². The van der Waals surface area contributed by atoms with Crippen molar-refractivity contribution in [2.75, 3.05) is 20.3 Å². The Morgan fingerprint density at radius 3 is 2.86 bits per heavy atom. The van der Waals surface area contributed by atoms with Gasteiger partial charge in [0.15, 0.2) is 0 Å². The lowest BCUT2D eigenvalue weighted by molar-refractivity contribution is -0.117. The summed E-state index contributed by atoms with van der Waals surface area (Å²) in [6.45, 7) is 0.975. The van der Waals surface area contributed by atoms with Crippen LogP contribution in [0.15, 0.2) is 17.7 Å². The molecule has 1 rings (SSSR count). The first kappa shape index (κ1) is 18.2. The summed E-state index contributed by atoms with van der Waals surface area (Å²) in [5, 5.41) is 21.7.